The van der Waals surface area contributed by atoms with E-state index in [9.17, 15) is 14.4 Å². The van der Waals surface area contributed by atoms with Gasteiger partial charge in [0, 0.05) is 19.3 Å². The second-order valence-electron chi connectivity index (χ2n) is 18.9. The zero-order valence-corrected chi connectivity index (χ0v) is 40.4. The maximum absolute atomic E-state index is 12.8. The summed E-state index contributed by atoms with van der Waals surface area (Å²) in [6.45, 7) is 11.4. The maximum Gasteiger partial charge on any atom is 0.306 e. The lowest BCUT2D eigenvalue weighted by Crippen LogP contribution is -2.30. The van der Waals surface area contributed by atoms with Crippen LogP contribution < -0.4 is 0 Å². The number of carbonyl (C=O) groups excluding carboxylic acids is 3. The molecular formula is C53H102O6. The molecule has 0 aliphatic heterocycles. The van der Waals surface area contributed by atoms with Crippen LogP contribution in [0.25, 0.3) is 0 Å². The van der Waals surface area contributed by atoms with Gasteiger partial charge in [-0.05, 0) is 31.1 Å². The fourth-order valence-electron chi connectivity index (χ4n) is 7.96. The summed E-state index contributed by atoms with van der Waals surface area (Å²) < 4.78 is 16.8. The average molecular weight is 835 g/mol. The minimum atomic E-state index is -0.761. The highest BCUT2D eigenvalue weighted by Gasteiger charge is 2.19. The lowest BCUT2D eigenvalue weighted by atomic mass is 9.99. The van der Waals surface area contributed by atoms with Crippen LogP contribution in [0, 0.1) is 11.8 Å². The molecule has 0 aromatic carbocycles. The van der Waals surface area contributed by atoms with Crippen molar-refractivity contribution in [2.75, 3.05) is 13.2 Å². The average Bonchev–Trinajstić information content (AvgIpc) is 3.22. The van der Waals surface area contributed by atoms with Crippen LogP contribution >= 0.6 is 0 Å². The molecule has 0 aromatic rings. The van der Waals surface area contributed by atoms with Crippen LogP contribution in [0.15, 0.2) is 0 Å². The number of esters is 3. The Morgan fingerprint density at radius 1 is 0.356 bits per heavy atom. The van der Waals surface area contributed by atoms with Crippen molar-refractivity contribution < 1.29 is 28.6 Å². The molecule has 0 radical (unpaired) electrons. The number of carbonyl (C=O) groups is 3. The Balaban J connectivity index is 4.29. The van der Waals surface area contributed by atoms with E-state index in [4.69, 9.17) is 14.2 Å². The molecule has 2 atom stereocenters. The Morgan fingerprint density at radius 2 is 0.644 bits per heavy atom. The molecule has 0 saturated heterocycles. The molecule has 0 amide bonds. The first-order valence-electron chi connectivity index (χ1n) is 26.3. The van der Waals surface area contributed by atoms with Crippen LogP contribution in [-0.2, 0) is 28.6 Å². The van der Waals surface area contributed by atoms with E-state index in [0.29, 0.717) is 19.3 Å². The van der Waals surface area contributed by atoms with E-state index >= 15 is 0 Å². The summed E-state index contributed by atoms with van der Waals surface area (Å²) in [5.74, 6) is 0.847. The zero-order valence-electron chi connectivity index (χ0n) is 40.4. The molecule has 0 aliphatic rings. The summed E-state index contributed by atoms with van der Waals surface area (Å²) in [5.41, 5.74) is 0. The first-order chi connectivity index (χ1) is 28.8. The smallest absolute Gasteiger partial charge is 0.306 e. The van der Waals surface area contributed by atoms with Gasteiger partial charge in [-0.15, -0.1) is 0 Å². The standard InChI is InChI=1S/C53H102O6/c1-6-8-9-10-11-12-18-22-28-33-38-43-51(54)57-46-50(47-58-52(55)44-39-34-29-25-24-27-32-37-42-49(5)7-2)59-53(56)45-40-35-30-23-20-17-15-13-14-16-19-21-26-31-36-41-48(3)4/h48-50H,6-47H2,1-5H3/t49?,50-/m0/s1. The number of unbranched alkanes of at least 4 members (excludes halogenated alkanes) is 31. The Labute approximate surface area is 368 Å². The van der Waals surface area contributed by atoms with Crippen molar-refractivity contribution in [3.63, 3.8) is 0 Å². The van der Waals surface area contributed by atoms with Crippen LogP contribution in [0.5, 0.6) is 0 Å². The largest absolute Gasteiger partial charge is 0.462 e. The lowest BCUT2D eigenvalue weighted by molar-refractivity contribution is -0.167. The highest BCUT2D eigenvalue weighted by molar-refractivity contribution is 5.71. The van der Waals surface area contributed by atoms with Crippen molar-refractivity contribution in [2.24, 2.45) is 11.8 Å². The molecule has 0 saturated carbocycles. The molecule has 6 nitrogen and oxygen atoms in total. The third-order valence-corrected chi connectivity index (χ3v) is 12.3. The van der Waals surface area contributed by atoms with Gasteiger partial charge in [0.05, 0.1) is 0 Å². The normalized spacial score (nSPS) is 12.5. The molecule has 0 spiro atoms. The lowest BCUT2D eigenvalue weighted by Gasteiger charge is -2.18. The highest BCUT2D eigenvalue weighted by atomic mass is 16.6. The highest BCUT2D eigenvalue weighted by Crippen LogP contribution is 2.18. The summed E-state index contributed by atoms with van der Waals surface area (Å²) >= 11 is 0. The minimum absolute atomic E-state index is 0.0638. The van der Waals surface area contributed by atoms with Gasteiger partial charge in [0.15, 0.2) is 6.10 Å². The SMILES string of the molecule is CCCCCCCCCCCCCC(=O)OC[C@@H](COC(=O)CCCCCCCCCCC(C)CC)OC(=O)CCCCCCCCCCCCCCCCCC(C)C. The van der Waals surface area contributed by atoms with E-state index < -0.39 is 6.10 Å². The van der Waals surface area contributed by atoms with Crippen LogP contribution in [0.2, 0.25) is 0 Å². The number of rotatable bonds is 47. The van der Waals surface area contributed by atoms with Crippen LogP contribution in [0.4, 0.5) is 0 Å². The van der Waals surface area contributed by atoms with Crippen LogP contribution in [0.3, 0.4) is 0 Å². The third-order valence-electron chi connectivity index (χ3n) is 12.3. The molecular weight excluding hydrogens is 733 g/mol. The summed E-state index contributed by atoms with van der Waals surface area (Å²) in [6, 6.07) is 0. The number of ether oxygens (including phenoxy) is 3. The fourth-order valence-corrected chi connectivity index (χ4v) is 7.96. The van der Waals surface area contributed by atoms with Crippen molar-refractivity contribution in [3.05, 3.63) is 0 Å². The Morgan fingerprint density at radius 3 is 0.966 bits per heavy atom. The molecule has 0 heterocycles. The van der Waals surface area contributed by atoms with Crippen LogP contribution in [-0.4, -0.2) is 37.2 Å². The van der Waals surface area contributed by atoms with Gasteiger partial charge in [0.1, 0.15) is 13.2 Å². The van der Waals surface area contributed by atoms with Gasteiger partial charge >= 0.3 is 17.9 Å². The first kappa shape index (κ1) is 57.4. The van der Waals surface area contributed by atoms with Gasteiger partial charge in [0.25, 0.3) is 0 Å². The van der Waals surface area contributed by atoms with E-state index in [-0.39, 0.29) is 31.1 Å². The predicted octanol–water partition coefficient (Wildman–Crippen LogP) is 16.9. The molecule has 59 heavy (non-hydrogen) atoms. The molecule has 0 aliphatic carbocycles. The van der Waals surface area contributed by atoms with Crippen molar-refractivity contribution >= 4 is 17.9 Å². The second kappa shape index (κ2) is 45.9. The molecule has 350 valence electrons. The van der Waals surface area contributed by atoms with Gasteiger partial charge in [-0.25, -0.2) is 0 Å². The quantitative estimate of drug-likeness (QED) is 0.0345. The second-order valence-corrected chi connectivity index (χ2v) is 18.9. The molecule has 0 rings (SSSR count). The number of hydrogen-bond acceptors (Lipinski definition) is 6. The van der Waals surface area contributed by atoms with Crippen molar-refractivity contribution in [2.45, 2.75) is 298 Å². The fraction of sp³-hybridized carbons (Fsp3) is 0.943. The van der Waals surface area contributed by atoms with Crippen molar-refractivity contribution in [3.8, 4) is 0 Å². The van der Waals surface area contributed by atoms with E-state index in [0.717, 1.165) is 69.6 Å². The maximum atomic E-state index is 12.8. The van der Waals surface area contributed by atoms with E-state index in [1.54, 1.807) is 0 Å². The van der Waals surface area contributed by atoms with Gasteiger partial charge in [-0.1, -0.05) is 253 Å². The number of hydrogen-bond donors (Lipinski definition) is 0. The third kappa shape index (κ3) is 45.8. The van der Waals surface area contributed by atoms with E-state index in [2.05, 4.69) is 34.6 Å². The van der Waals surface area contributed by atoms with Crippen molar-refractivity contribution in [1.82, 2.24) is 0 Å². The van der Waals surface area contributed by atoms with Crippen molar-refractivity contribution in [1.29, 1.82) is 0 Å². The summed E-state index contributed by atoms with van der Waals surface area (Å²) in [7, 11) is 0. The monoisotopic (exact) mass is 835 g/mol. The van der Waals surface area contributed by atoms with Gasteiger partial charge in [-0.3, -0.25) is 14.4 Å². The molecule has 0 N–H and O–H groups in total. The first-order valence-corrected chi connectivity index (χ1v) is 26.3. The zero-order chi connectivity index (χ0) is 43.3. The van der Waals surface area contributed by atoms with Gasteiger partial charge in [0.2, 0.25) is 0 Å². The molecule has 0 fully saturated rings. The molecule has 0 aromatic heterocycles. The van der Waals surface area contributed by atoms with E-state index in [1.807, 2.05) is 0 Å². The molecule has 6 heteroatoms. The minimum Gasteiger partial charge on any atom is -0.462 e. The molecule has 0 bridgehead atoms. The van der Waals surface area contributed by atoms with E-state index in [1.165, 1.54) is 180 Å². The predicted molar refractivity (Wildman–Crippen MR) is 252 cm³/mol. The Hall–Kier alpha value is -1.59. The summed E-state index contributed by atoms with van der Waals surface area (Å²) in [5, 5.41) is 0. The Kier molecular flexibility index (Phi) is 44.7. The van der Waals surface area contributed by atoms with Gasteiger partial charge < -0.3 is 14.2 Å². The summed E-state index contributed by atoms with van der Waals surface area (Å²) in [4.78, 5) is 37.9. The Bertz CT molecular complexity index is 902. The molecule has 1 unspecified atom stereocenters. The summed E-state index contributed by atoms with van der Waals surface area (Å²) in [6.07, 6.45) is 46.5. The van der Waals surface area contributed by atoms with Gasteiger partial charge in [-0.2, -0.15) is 0 Å². The van der Waals surface area contributed by atoms with Crippen LogP contribution in [0.1, 0.15) is 291 Å². The topological polar surface area (TPSA) is 78.9 Å².